The largest absolute Gasteiger partial charge is 0.508 e. The highest BCUT2D eigenvalue weighted by Crippen LogP contribution is 2.58. The van der Waals surface area contributed by atoms with Crippen LogP contribution in [-0.4, -0.2) is 83.3 Å². The second-order valence-corrected chi connectivity index (χ2v) is 11.8. The van der Waals surface area contributed by atoms with E-state index in [2.05, 4.69) is 10.3 Å². The van der Waals surface area contributed by atoms with Gasteiger partial charge in [0, 0.05) is 35.4 Å². The van der Waals surface area contributed by atoms with Crippen molar-refractivity contribution in [2.75, 3.05) is 17.6 Å². The van der Waals surface area contributed by atoms with E-state index in [0.717, 1.165) is 16.7 Å². The molecule has 188 valence electrons. The van der Waals surface area contributed by atoms with Crippen LogP contribution in [0.2, 0.25) is 0 Å². The Morgan fingerprint density at radius 2 is 1.86 bits per heavy atom. The summed E-state index contributed by atoms with van der Waals surface area (Å²) in [5, 5.41) is 22.5. The van der Waals surface area contributed by atoms with Gasteiger partial charge >= 0.3 is 12.0 Å². The first-order chi connectivity index (χ1) is 17.2. The number of primary amides is 1. The lowest BCUT2D eigenvalue weighted by atomic mass is 9.78. The second-order valence-electron chi connectivity index (χ2n) is 8.87. The number of hydrogen-bond donors (Lipinski definition) is 4. The Morgan fingerprint density at radius 3 is 2.50 bits per heavy atom. The van der Waals surface area contributed by atoms with E-state index in [4.69, 9.17) is 5.73 Å². The molecule has 0 spiro atoms. The average molecular weight is 530 g/mol. The number of hydrogen-bond acceptors (Lipinski definition) is 8. The molecular weight excluding hydrogens is 506 g/mol. The summed E-state index contributed by atoms with van der Waals surface area (Å²) in [6.07, 6.45) is 3.53. The van der Waals surface area contributed by atoms with Crippen LogP contribution >= 0.6 is 23.5 Å². The quantitative estimate of drug-likeness (QED) is 0.235. The molecule has 5 rings (SSSR count). The molecule has 4 amide bonds. The number of carbonyl (C=O) groups is 4. The van der Waals surface area contributed by atoms with Crippen molar-refractivity contribution in [3.8, 4) is 5.75 Å². The lowest BCUT2D eigenvalue weighted by Gasteiger charge is -2.58. The van der Waals surface area contributed by atoms with E-state index >= 15 is 0 Å². The number of carboxylic acid groups (broad SMARTS) is 1. The standard InChI is InChI=1S/C23H23N5O6S2/c24-16(30)11-35-23(36-15-5-7-25-8-6-15)9-12-10-27(22(34)26-13-1-3-14(29)4-2-13)18-17(12)28(20(18)31)19(23)21(32)33/h1-8,12,17-19,29H,9-11H2,(H2,24,30)(H,26,34)(H,32,33)/t12-,17-,18+,19?,23?/m1/s1. The van der Waals surface area contributed by atoms with E-state index in [0.29, 0.717) is 12.1 Å². The predicted molar refractivity (Wildman–Crippen MR) is 132 cm³/mol. The number of nitrogens with one attached hydrogen (secondary N) is 1. The van der Waals surface area contributed by atoms with E-state index in [9.17, 15) is 29.4 Å². The smallest absolute Gasteiger partial charge is 0.328 e. The third kappa shape index (κ3) is 4.11. The fraction of sp³-hybridized carbons (Fsp3) is 0.348. The van der Waals surface area contributed by atoms with Crippen LogP contribution < -0.4 is 11.1 Å². The highest BCUT2D eigenvalue weighted by molar-refractivity contribution is 8.18. The molecule has 13 heteroatoms. The number of phenols is 1. The zero-order chi connectivity index (χ0) is 25.6. The van der Waals surface area contributed by atoms with Crippen LogP contribution in [0.5, 0.6) is 5.75 Å². The number of carbonyl (C=O) groups excluding carboxylic acids is 3. The monoisotopic (exact) mass is 529 g/mol. The Bertz CT molecular complexity index is 1220. The molecule has 4 heterocycles. The molecule has 0 bridgehead atoms. The maximum absolute atomic E-state index is 13.3. The minimum absolute atomic E-state index is 0.0567. The van der Waals surface area contributed by atoms with Crippen LogP contribution in [0.4, 0.5) is 10.5 Å². The highest BCUT2D eigenvalue weighted by Gasteiger charge is 2.70. The normalized spacial score (nSPS) is 28.3. The van der Waals surface area contributed by atoms with Crippen LogP contribution in [0, 0.1) is 5.92 Å². The molecule has 0 radical (unpaired) electrons. The molecule has 2 aromatic rings. The molecule has 3 aliphatic heterocycles. The third-order valence-electron chi connectivity index (χ3n) is 6.66. The number of amides is 4. The third-order valence-corrected chi connectivity index (χ3v) is 9.81. The van der Waals surface area contributed by atoms with Gasteiger partial charge in [0.15, 0.2) is 6.04 Å². The Balaban J connectivity index is 1.46. The molecule has 0 aliphatic carbocycles. The van der Waals surface area contributed by atoms with Gasteiger partial charge in [0.2, 0.25) is 11.8 Å². The first kappa shape index (κ1) is 24.3. The van der Waals surface area contributed by atoms with Crippen molar-refractivity contribution in [1.29, 1.82) is 0 Å². The maximum atomic E-state index is 13.3. The Hall–Kier alpha value is -3.45. The molecular formula is C23H23N5O6S2. The molecule has 11 nitrogen and oxygen atoms in total. The van der Waals surface area contributed by atoms with Gasteiger partial charge in [0.1, 0.15) is 11.8 Å². The summed E-state index contributed by atoms with van der Waals surface area (Å²) in [5.74, 6) is -2.45. The number of benzene rings is 1. The van der Waals surface area contributed by atoms with Crippen LogP contribution in [0.25, 0.3) is 0 Å². The number of pyridine rings is 1. The second kappa shape index (κ2) is 9.21. The van der Waals surface area contributed by atoms with Gasteiger partial charge < -0.3 is 31.1 Å². The number of nitrogens with zero attached hydrogens (tertiary/aromatic N) is 3. The van der Waals surface area contributed by atoms with Gasteiger partial charge in [-0.2, -0.15) is 0 Å². The molecule has 0 saturated carbocycles. The summed E-state index contributed by atoms with van der Waals surface area (Å²) in [4.78, 5) is 58.3. The molecule has 36 heavy (non-hydrogen) atoms. The number of urea groups is 1. The van der Waals surface area contributed by atoms with Crippen molar-refractivity contribution < 1.29 is 29.4 Å². The maximum Gasteiger partial charge on any atom is 0.328 e. The zero-order valence-corrected chi connectivity index (χ0v) is 20.4. The molecule has 2 unspecified atom stereocenters. The number of phenolic OH excluding ortho intramolecular Hbond substituents is 1. The van der Waals surface area contributed by atoms with Gasteiger partial charge in [0.25, 0.3) is 0 Å². The number of anilines is 1. The summed E-state index contributed by atoms with van der Waals surface area (Å²) in [6.45, 7) is 0.254. The number of β-lactam (4-membered cyclic amide) rings is 1. The number of aromatic nitrogens is 1. The van der Waals surface area contributed by atoms with Gasteiger partial charge in [0.05, 0.1) is 15.9 Å². The number of aromatic hydroxyl groups is 1. The van der Waals surface area contributed by atoms with E-state index in [-0.39, 0.29) is 24.0 Å². The summed E-state index contributed by atoms with van der Waals surface area (Å²) in [5.41, 5.74) is 5.88. The zero-order valence-electron chi connectivity index (χ0n) is 18.8. The predicted octanol–water partition coefficient (Wildman–Crippen LogP) is 1.39. The first-order valence-corrected chi connectivity index (χ1v) is 12.9. The van der Waals surface area contributed by atoms with E-state index in [1.807, 2.05) is 0 Å². The summed E-state index contributed by atoms with van der Waals surface area (Å²) in [7, 11) is 0. The number of likely N-dealkylation sites (tertiary alicyclic amines) is 1. The van der Waals surface area contributed by atoms with Crippen LogP contribution in [-0.2, 0) is 14.4 Å². The number of rotatable bonds is 7. The van der Waals surface area contributed by atoms with Crippen molar-refractivity contribution in [3.63, 3.8) is 0 Å². The number of nitrogens with two attached hydrogens (primary N) is 1. The molecule has 1 aromatic carbocycles. The van der Waals surface area contributed by atoms with Crippen LogP contribution in [0.3, 0.4) is 0 Å². The summed E-state index contributed by atoms with van der Waals surface area (Å²) in [6, 6.07) is 6.59. The fourth-order valence-electron chi connectivity index (χ4n) is 5.29. The van der Waals surface area contributed by atoms with Gasteiger partial charge in [-0.3, -0.25) is 14.6 Å². The Morgan fingerprint density at radius 1 is 1.17 bits per heavy atom. The topological polar surface area (TPSA) is 166 Å². The Labute approximate surface area is 214 Å². The first-order valence-electron chi connectivity index (χ1n) is 11.1. The van der Waals surface area contributed by atoms with Gasteiger partial charge in [-0.15, -0.1) is 23.5 Å². The molecule has 5 N–H and O–H groups in total. The van der Waals surface area contributed by atoms with Gasteiger partial charge in [-0.05, 0) is 42.8 Å². The lowest BCUT2D eigenvalue weighted by molar-refractivity contribution is -0.171. The van der Waals surface area contributed by atoms with Crippen molar-refractivity contribution >= 4 is 53.0 Å². The van der Waals surface area contributed by atoms with Gasteiger partial charge in [-0.1, -0.05) is 0 Å². The molecule has 3 aliphatic rings. The van der Waals surface area contributed by atoms with Crippen molar-refractivity contribution in [1.82, 2.24) is 14.8 Å². The van der Waals surface area contributed by atoms with Gasteiger partial charge in [-0.25, -0.2) is 9.59 Å². The van der Waals surface area contributed by atoms with Crippen molar-refractivity contribution in [3.05, 3.63) is 48.8 Å². The summed E-state index contributed by atoms with van der Waals surface area (Å²) >= 11 is 2.41. The van der Waals surface area contributed by atoms with E-state index in [1.165, 1.54) is 33.7 Å². The fourth-order valence-corrected chi connectivity index (χ4v) is 8.36. The van der Waals surface area contributed by atoms with Crippen LogP contribution in [0.15, 0.2) is 53.7 Å². The van der Waals surface area contributed by atoms with Crippen LogP contribution in [0.1, 0.15) is 6.42 Å². The number of piperidine rings is 1. The summed E-state index contributed by atoms with van der Waals surface area (Å²) < 4.78 is -1.10. The Kier molecular flexibility index (Phi) is 6.20. The number of carboxylic acids is 1. The minimum atomic E-state index is -1.22. The van der Waals surface area contributed by atoms with Crippen molar-refractivity contribution in [2.45, 2.75) is 33.5 Å². The lowest BCUT2D eigenvalue weighted by Crippen LogP contribution is -2.77. The highest BCUT2D eigenvalue weighted by atomic mass is 32.2. The molecule has 3 saturated heterocycles. The SMILES string of the molecule is NC(=O)CSC1(Sc2ccncc2)C[C@@H]2CN(C(=O)Nc3ccc(O)cc3)[C@@H]3C(=O)N(C1C(=O)O)[C@H]23. The molecule has 1 aromatic heterocycles. The van der Waals surface area contributed by atoms with E-state index in [1.54, 1.807) is 36.7 Å². The number of thioether (sulfide) groups is 2. The number of aliphatic carboxylic acids is 1. The molecule has 5 atom stereocenters. The average Bonchev–Trinajstić information content (AvgIpc) is 3.20. The molecule has 3 fully saturated rings. The van der Waals surface area contributed by atoms with E-state index < -0.39 is 46.0 Å². The minimum Gasteiger partial charge on any atom is -0.508 e. The van der Waals surface area contributed by atoms with Crippen molar-refractivity contribution in [2.24, 2.45) is 11.7 Å².